The summed E-state index contributed by atoms with van der Waals surface area (Å²) in [6, 6.07) is 23.5. The standard InChI is InChI=1S/C27H23ClN4/c28-22-7-3-6-20(15-22)24-16-30-27-26(31-17-32(27)23-10-12-29-13-11-23)25(24)21-9-8-18-4-1-2-5-19(18)14-21/h1-9,14-17,23,29H,10-13H2. The number of imidazole rings is 1. The van der Waals surface area contributed by atoms with Gasteiger partial charge in [0.05, 0.1) is 6.33 Å². The maximum Gasteiger partial charge on any atom is 0.160 e. The molecule has 0 unspecified atom stereocenters. The van der Waals surface area contributed by atoms with Gasteiger partial charge in [0.1, 0.15) is 5.52 Å². The van der Waals surface area contributed by atoms with Crippen LogP contribution in [0, 0.1) is 0 Å². The molecule has 5 aromatic rings. The number of halogens is 1. The second kappa shape index (κ2) is 8.05. The average Bonchev–Trinajstić information content (AvgIpc) is 3.28. The van der Waals surface area contributed by atoms with Crippen molar-refractivity contribution in [2.45, 2.75) is 18.9 Å². The molecule has 6 rings (SSSR count). The third-order valence-electron chi connectivity index (χ3n) is 6.47. The summed E-state index contributed by atoms with van der Waals surface area (Å²) in [5, 5.41) is 6.60. The first-order chi connectivity index (χ1) is 15.8. The van der Waals surface area contributed by atoms with Crippen LogP contribution in [0.15, 0.2) is 79.3 Å². The molecule has 32 heavy (non-hydrogen) atoms. The van der Waals surface area contributed by atoms with E-state index < -0.39 is 0 Å². The summed E-state index contributed by atoms with van der Waals surface area (Å²) in [5.41, 5.74) is 6.23. The van der Waals surface area contributed by atoms with Crippen LogP contribution in [0.5, 0.6) is 0 Å². The van der Waals surface area contributed by atoms with Crippen molar-refractivity contribution in [2.75, 3.05) is 13.1 Å². The summed E-state index contributed by atoms with van der Waals surface area (Å²) in [6.45, 7) is 2.06. The lowest BCUT2D eigenvalue weighted by molar-refractivity contribution is 0.373. The Bertz CT molecular complexity index is 1430. The minimum Gasteiger partial charge on any atom is -0.317 e. The molecule has 2 aromatic heterocycles. The predicted molar refractivity (Wildman–Crippen MR) is 132 cm³/mol. The number of piperidine rings is 1. The fourth-order valence-electron chi connectivity index (χ4n) is 4.84. The van der Waals surface area contributed by atoms with Crippen LogP contribution in [0.3, 0.4) is 0 Å². The van der Waals surface area contributed by atoms with E-state index >= 15 is 0 Å². The largest absolute Gasteiger partial charge is 0.317 e. The van der Waals surface area contributed by atoms with E-state index in [-0.39, 0.29) is 0 Å². The van der Waals surface area contributed by atoms with Crippen molar-refractivity contribution in [2.24, 2.45) is 0 Å². The number of nitrogens with zero attached hydrogens (tertiary/aromatic N) is 3. The van der Waals surface area contributed by atoms with Gasteiger partial charge in [-0.25, -0.2) is 9.97 Å². The molecule has 1 N–H and O–H groups in total. The summed E-state index contributed by atoms with van der Waals surface area (Å²) in [4.78, 5) is 9.81. The number of rotatable bonds is 3. The zero-order chi connectivity index (χ0) is 21.5. The molecule has 0 amide bonds. The number of pyridine rings is 1. The molecule has 1 fully saturated rings. The van der Waals surface area contributed by atoms with Gasteiger partial charge in [0.25, 0.3) is 0 Å². The second-order valence-corrected chi connectivity index (χ2v) is 8.86. The highest BCUT2D eigenvalue weighted by atomic mass is 35.5. The van der Waals surface area contributed by atoms with Gasteiger partial charge in [-0.2, -0.15) is 0 Å². The van der Waals surface area contributed by atoms with Gasteiger partial charge >= 0.3 is 0 Å². The first-order valence-electron chi connectivity index (χ1n) is 11.1. The summed E-state index contributed by atoms with van der Waals surface area (Å²) < 4.78 is 2.27. The third-order valence-corrected chi connectivity index (χ3v) is 6.70. The molecule has 0 bridgehead atoms. The normalized spacial score (nSPS) is 14.9. The van der Waals surface area contributed by atoms with Crippen molar-refractivity contribution in [3.8, 4) is 22.3 Å². The molecule has 0 atom stereocenters. The van der Waals surface area contributed by atoms with Gasteiger partial charge in [-0.1, -0.05) is 60.1 Å². The van der Waals surface area contributed by atoms with Crippen molar-refractivity contribution < 1.29 is 0 Å². The van der Waals surface area contributed by atoms with E-state index in [1.165, 1.54) is 10.8 Å². The Balaban J connectivity index is 1.61. The zero-order valence-corrected chi connectivity index (χ0v) is 18.4. The summed E-state index contributed by atoms with van der Waals surface area (Å²) in [6.07, 6.45) is 6.14. The van der Waals surface area contributed by atoms with Crippen molar-refractivity contribution in [3.05, 3.63) is 84.3 Å². The Morgan fingerprint density at radius 1 is 0.844 bits per heavy atom. The minimum atomic E-state index is 0.426. The van der Waals surface area contributed by atoms with Crippen LogP contribution in [-0.2, 0) is 0 Å². The van der Waals surface area contributed by atoms with Gasteiger partial charge in [-0.15, -0.1) is 0 Å². The number of hydrogen-bond acceptors (Lipinski definition) is 3. The lowest BCUT2D eigenvalue weighted by Gasteiger charge is -2.24. The molecular formula is C27H23ClN4. The van der Waals surface area contributed by atoms with E-state index in [2.05, 4.69) is 58.4 Å². The number of aromatic nitrogens is 3. The predicted octanol–water partition coefficient (Wildman–Crippen LogP) is 6.50. The van der Waals surface area contributed by atoms with Gasteiger partial charge in [0.2, 0.25) is 0 Å². The third kappa shape index (κ3) is 3.36. The van der Waals surface area contributed by atoms with Crippen LogP contribution in [-0.4, -0.2) is 27.6 Å². The maximum atomic E-state index is 6.35. The Morgan fingerprint density at radius 3 is 2.53 bits per heavy atom. The molecule has 1 aliphatic heterocycles. The van der Waals surface area contributed by atoms with Crippen LogP contribution in [0.25, 0.3) is 44.2 Å². The van der Waals surface area contributed by atoms with E-state index in [4.69, 9.17) is 21.6 Å². The molecule has 0 radical (unpaired) electrons. The topological polar surface area (TPSA) is 42.7 Å². The van der Waals surface area contributed by atoms with Crippen LogP contribution in [0.4, 0.5) is 0 Å². The Morgan fingerprint density at radius 2 is 1.69 bits per heavy atom. The fourth-order valence-corrected chi connectivity index (χ4v) is 5.03. The van der Waals surface area contributed by atoms with Crippen LogP contribution in [0.2, 0.25) is 5.02 Å². The smallest absolute Gasteiger partial charge is 0.160 e. The Kier molecular flexibility index (Phi) is 4.90. The number of hydrogen-bond donors (Lipinski definition) is 1. The molecule has 3 heterocycles. The van der Waals surface area contributed by atoms with Gasteiger partial charge in [-0.05, 0) is 66.0 Å². The van der Waals surface area contributed by atoms with Gasteiger partial charge in [0.15, 0.2) is 5.65 Å². The number of nitrogens with one attached hydrogen (secondary N) is 1. The van der Waals surface area contributed by atoms with Crippen molar-refractivity contribution in [1.29, 1.82) is 0 Å². The fraction of sp³-hybridized carbons (Fsp3) is 0.185. The molecule has 1 saturated heterocycles. The second-order valence-electron chi connectivity index (χ2n) is 8.42. The molecule has 0 saturated carbocycles. The van der Waals surface area contributed by atoms with Crippen molar-refractivity contribution in [1.82, 2.24) is 19.9 Å². The monoisotopic (exact) mass is 438 g/mol. The summed E-state index contributed by atoms with van der Waals surface area (Å²) in [7, 11) is 0. The Labute approximate surface area is 191 Å². The maximum absolute atomic E-state index is 6.35. The minimum absolute atomic E-state index is 0.426. The van der Waals surface area contributed by atoms with Gasteiger partial charge in [0, 0.05) is 28.4 Å². The highest BCUT2D eigenvalue weighted by Crippen LogP contribution is 2.39. The quantitative estimate of drug-likeness (QED) is 0.349. The molecule has 1 aliphatic rings. The van der Waals surface area contributed by atoms with Gasteiger partial charge in [-0.3, -0.25) is 0 Å². The first kappa shape index (κ1) is 19.5. The van der Waals surface area contributed by atoms with Crippen LogP contribution >= 0.6 is 11.6 Å². The van der Waals surface area contributed by atoms with E-state index in [1.807, 2.05) is 30.7 Å². The molecule has 4 nitrogen and oxygen atoms in total. The Hall–Kier alpha value is -3.21. The van der Waals surface area contributed by atoms with E-state index in [0.29, 0.717) is 11.1 Å². The lowest BCUT2D eigenvalue weighted by Crippen LogP contribution is -2.29. The molecule has 0 aliphatic carbocycles. The first-order valence-corrected chi connectivity index (χ1v) is 11.5. The molecule has 0 spiro atoms. The van der Waals surface area contributed by atoms with Crippen LogP contribution in [0.1, 0.15) is 18.9 Å². The highest BCUT2D eigenvalue weighted by Gasteiger charge is 2.22. The molecule has 3 aromatic carbocycles. The molecule has 5 heteroatoms. The zero-order valence-electron chi connectivity index (χ0n) is 17.6. The number of benzene rings is 3. The lowest BCUT2D eigenvalue weighted by atomic mass is 9.94. The summed E-state index contributed by atoms with van der Waals surface area (Å²) in [5.74, 6) is 0. The molecule has 158 valence electrons. The van der Waals surface area contributed by atoms with E-state index in [0.717, 1.165) is 59.3 Å². The number of fused-ring (bicyclic) bond motifs is 2. The van der Waals surface area contributed by atoms with E-state index in [1.54, 1.807) is 0 Å². The summed E-state index contributed by atoms with van der Waals surface area (Å²) >= 11 is 6.35. The van der Waals surface area contributed by atoms with Gasteiger partial charge < -0.3 is 9.88 Å². The van der Waals surface area contributed by atoms with Crippen LogP contribution < -0.4 is 5.32 Å². The van der Waals surface area contributed by atoms with E-state index in [9.17, 15) is 0 Å². The highest BCUT2D eigenvalue weighted by molar-refractivity contribution is 6.30. The SMILES string of the molecule is Clc1cccc(-c2cnc3c(ncn3C3CCNCC3)c2-c2ccc3ccccc3c2)c1. The average molecular weight is 439 g/mol. The molecular weight excluding hydrogens is 416 g/mol. The van der Waals surface area contributed by atoms with Crippen molar-refractivity contribution >= 4 is 33.5 Å². The van der Waals surface area contributed by atoms with Crippen molar-refractivity contribution in [3.63, 3.8) is 0 Å².